The minimum Gasteiger partial charge on any atom is -0.241 e. The van der Waals surface area contributed by atoms with Crippen LogP contribution in [-0.2, 0) is 0 Å². The molecule has 0 unspecified atom stereocenters. The molecule has 0 saturated carbocycles. The van der Waals surface area contributed by atoms with Crippen molar-refractivity contribution in [2.45, 2.75) is 23.6 Å². The van der Waals surface area contributed by atoms with Crippen molar-refractivity contribution in [3.8, 4) is 0 Å². The molecule has 0 aromatic heterocycles. The van der Waals surface area contributed by atoms with E-state index in [1.165, 1.54) is 10.5 Å². The van der Waals surface area contributed by atoms with Gasteiger partial charge in [0.15, 0.2) is 0 Å². The second-order valence-corrected chi connectivity index (χ2v) is 8.48. The molecule has 0 heterocycles. The van der Waals surface area contributed by atoms with Gasteiger partial charge in [0.1, 0.15) is 5.04 Å². The molecule has 0 aliphatic carbocycles. The van der Waals surface area contributed by atoms with E-state index in [9.17, 15) is 0 Å². The summed E-state index contributed by atoms with van der Waals surface area (Å²) in [6, 6.07) is 26.5. The highest BCUT2D eigenvalue weighted by atomic mass is 35.5. The van der Waals surface area contributed by atoms with E-state index in [4.69, 9.17) is 16.6 Å². The van der Waals surface area contributed by atoms with Crippen LogP contribution >= 0.6 is 35.1 Å². The molecular weight excluding hydrogens is 390 g/mol. The highest BCUT2D eigenvalue weighted by Crippen LogP contribution is 2.29. The molecule has 0 N–H and O–H groups in total. The quantitative estimate of drug-likeness (QED) is 0.239. The molecule has 0 fully saturated rings. The molecule has 3 aromatic carbocycles. The summed E-state index contributed by atoms with van der Waals surface area (Å²) < 4.78 is 0. The van der Waals surface area contributed by atoms with Gasteiger partial charge in [0.05, 0.1) is 5.69 Å². The Morgan fingerprint density at radius 1 is 0.852 bits per heavy atom. The molecule has 0 bridgehead atoms. The van der Waals surface area contributed by atoms with Crippen molar-refractivity contribution in [1.82, 2.24) is 0 Å². The first-order chi connectivity index (χ1) is 13.1. The molecule has 27 heavy (non-hydrogen) atoms. The zero-order chi connectivity index (χ0) is 19.1. The van der Waals surface area contributed by atoms with Gasteiger partial charge in [-0.15, -0.1) is 0 Å². The molecule has 3 aromatic rings. The number of nitrogens with zero attached hydrogens (tertiary/aromatic N) is 1. The number of rotatable bonds is 5. The van der Waals surface area contributed by atoms with Crippen LogP contribution in [0.1, 0.15) is 12.5 Å². The summed E-state index contributed by atoms with van der Waals surface area (Å²) in [5.74, 6) is 0. The minimum atomic E-state index is 0.751. The van der Waals surface area contributed by atoms with Crippen LogP contribution in [0.25, 0.3) is 0 Å². The zero-order valence-corrected chi connectivity index (χ0v) is 17.6. The van der Waals surface area contributed by atoms with Gasteiger partial charge in [-0.1, -0.05) is 71.0 Å². The average Bonchev–Trinajstić information content (AvgIpc) is 2.69. The predicted octanol–water partition coefficient (Wildman–Crippen LogP) is 8.17. The zero-order valence-electron chi connectivity index (χ0n) is 15.2. The molecule has 0 amide bonds. The third-order valence-electron chi connectivity index (χ3n) is 3.75. The van der Waals surface area contributed by atoms with Gasteiger partial charge in [-0.2, -0.15) is 0 Å². The number of benzene rings is 3. The van der Waals surface area contributed by atoms with Crippen molar-refractivity contribution in [3.05, 3.63) is 100 Å². The molecule has 4 heteroatoms. The fourth-order valence-electron chi connectivity index (χ4n) is 2.25. The van der Waals surface area contributed by atoms with E-state index in [1.54, 1.807) is 23.5 Å². The van der Waals surface area contributed by atoms with Gasteiger partial charge in [0.25, 0.3) is 0 Å². The fourth-order valence-corrected chi connectivity index (χ4v) is 4.03. The first kappa shape index (κ1) is 19.8. The van der Waals surface area contributed by atoms with Crippen molar-refractivity contribution >= 4 is 45.9 Å². The summed E-state index contributed by atoms with van der Waals surface area (Å²) in [6.45, 7) is 4.20. The smallest absolute Gasteiger partial charge is 0.105 e. The van der Waals surface area contributed by atoms with Gasteiger partial charge in [-0.3, -0.25) is 0 Å². The van der Waals surface area contributed by atoms with E-state index in [0.29, 0.717) is 0 Å². The molecule has 0 saturated heterocycles. The van der Waals surface area contributed by atoms with Crippen molar-refractivity contribution in [2.75, 3.05) is 0 Å². The lowest BCUT2D eigenvalue weighted by Crippen LogP contribution is -1.94. The molecular formula is C23H20ClNS2. The Balaban J connectivity index is 1.85. The number of thioether (sulfide) groups is 2. The number of aliphatic imine (C=N–C) groups is 1. The van der Waals surface area contributed by atoms with Crippen molar-refractivity contribution < 1.29 is 0 Å². The van der Waals surface area contributed by atoms with Crippen molar-refractivity contribution in [2.24, 2.45) is 4.99 Å². The molecule has 3 rings (SSSR count). The number of hydrogen-bond donors (Lipinski definition) is 0. The van der Waals surface area contributed by atoms with E-state index < -0.39 is 0 Å². The van der Waals surface area contributed by atoms with Gasteiger partial charge in [0.2, 0.25) is 0 Å². The Hall–Kier alpha value is -1.94. The number of para-hydroxylation sites is 1. The maximum Gasteiger partial charge on any atom is 0.105 e. The first-order valence-corrected chi connectivity index (χ1v) is 10.7. The molecule has 0 aliphatic rings. The van der Waals surface area contributed by atoms with Crippen LogP contribution in [0, 0.1) is 6.92 Å². The summed E-state index contributed by atoms with van der Waals surface area (Å²) in [7, 11) is 0. The van der Waals surface area contributed by atoms with Crippen LogP contribution in [0.5, 0.6) is 0 Å². The van der Waals surface area contributed by atoms with Gasteiger partial charge < -0.3 is 0 Å². The Morgan fingerprint density at radius 2 is 1.48 bits per heavy atom. The predicted molar refractivity (Wildman–Crippen MR) is 122 cm³/mol. The van der Waals surface area contributed by atoms with E-state index in [2.05, 4.69) is 43.5 Å². The van der Waals surface area contributed by atoms with E-state index >= 15 is 0 Å². The molecule has 0 spiro atoms. The van der Waals surface area contributed by atoms with Crippen LogP contribution < -0.4 is 0 Å². The largest absolute Gasteiger partial charge is 0.241 e. The fraction of sp³-hybridized carbons (Fsp3) is 0.0870. The molecule has 1 nitrogen and oxygen atoms in total. The van der Waals surface area contributed by atoms with Crippen LogP contribution in [0.15, 0.2) is 105 Å². The highest BCUT2D eigenvalue weighted by Gasteiger charge is 2.07. The van der Waals surface area contributed by atoms with E-state index in [1.807, 2.05) is 54.6 Å². The molecule has 0 atom stereocenters. The first-order valence-electron chi connectivity index (χ1n) is 8.58. The SMILES string of the molecule is C/C(=C\Sc1ccc(Cl)cc1)C(=Nc1ccccc1)Sc1ccc(C)cc1. The third-order valence-corrected chi connectivity index (χ3v) is 6.13. The van der Waals surface area contributed by atoms with Gasteiger partial charge >= 0.3 is 0 Å². The van der Waals surface area contributed by atoms with Crippen LogP contribution in [-0.4, -0.2) is 5.04 Å². The Morgan fingerprint density at radius 3 is 2.15 bits per heavy atom. The Bertz CT molecular complexity index is 930. The second-order valence-electron chi connectivity index (χ2n) is 6.04. The summed E-state index contributed by atoms with van der Waals surface area (Å²) in [5.41, 5.74) is 3.34. The topological polar surface area (TPSA) is 12.4 Å². The monoisotopic (exact) mass is 409 g/mol. The van der Waals surface area contributed by atoms with Gasteiger partial charge in [0, 0.05) is 14.8 Å². The summed E-state index contributed by atoms with van der Waals surface area (Å²) >= 11 is 9.33. The number of halogens is 1. The molecule has 0 aliphatic heterocycles. The number of hydrogen-bond acceptors (Lipinski definition) is 3. The third kappa shape index (κ3) is 6.31. The lowest BCUT2D eigenvalue weighted by molar-refractivity contribution is 1.38. The van der Waals surface area contributed by atoms with Crippen LogP contribution in [0.3, 0.4) is 0 Å². The highest BCUT2D eigenvalue weighted by molar-refractivity contribution is 8.14. The lowest BCUT2D eigenvalue weighted by atomic mass is 10.2. The summed E-state index contributed by atoms with van der Waals surface area (Å²) in [4.78, 5) is 7.21. The van der Waals surface area contributed by atoms with Crippen molar-refractivity contribution in [3.63, 3.8) is 0 Å². The lowest BCUT2D eigenvalue weighted by Gasteiger charge is -2.08. The van der Waals surface area contributed by atoms with Gasteiger partial charge in [-0.05, 0) is 73.4 Å². The maximum absolute atomic E-state index is 5.97. The van der Waals surface area contributed by atoms with Crippen molar-refractivity contribution in [1.29, 1.82) is 0 Å². The molecule has 136 valence electrons. The van der Waals surface area contributed by atoms with Crippen LogP contribution in [0.4, 0.5) is 5.69 Å². The average molecular weight is 410 g/mol. The Labute approximate surface area is 174 Å². The van der Waals surface area contributed by atoms with E-state index in [0.717, 1.165) is 26.2 Å². The molecule has 0 radical (unpaired) electrons. The second kappa shape index (κ2) is 9.84. The maximum atomic E-state index is 5.97. The summed E-state index contributed by atoms with van der Waals surface area (Å²) in [5, 5.41) is 3.89. The Kier molecular flexibility index (Phi) is 7.22. The number of aryl methyl sites for hydroxylation is 1. The standard InChI is InChI=1S/C23H20ClNS2/c1-17-8-12-22(13-9-17)27-23(25-20-6-4-3-5-7-20)18(2)16-26-21-14-10-19(24)11-15-21/h3-16H,1-2H3/b18-16+,25-23?. The van der Waals surface area contributed by atoms with Gasteiger partial charge in [-0.25, -0.2) is 4.99 Å². The minimum absolute atomic E-state index is 0.751. The normalized spacial score (nSPS) is 12.3. The van der Waals surface area contributed by atoms with E-state index in [-0.39, 0.29) is 0 Å². The van der Waals surface area contributed by atoms with Crippen LogP contribution in [0.2, 0.25) is 5.02 Å². The summed E-state index contributed by atoms with van der Waals surface area (Å²) in [6.07, 6.45) is 0.